The Kier molecular flexibility index (Phi) is 8.24. The van der Waals surface area contributed by atoms with E-state index < -0.39 is 75.8 Å². The van der Waals surface area contributed by atoms with Crippen molar-refractivity contribution in [1.82, 2.24) is 0 Å². The third-order valence-corrected chi connectivity index (χ3v) is 7.95. The zero-order chi connectivity index (χ0) is 25.7. The molecule has 0 aromatic rings. The SMILES string of the molecule is CCC(C)(C)C(=O)OC1CC(C(C)(O)C(F)(F)F)C(I)C(C(O)(C(F)(F)F)C(F)(F)F)C1. The summed E-state index contributed by atoms with van der Waals surface area (Å²) in [5.74, 6) is -6.18. The summed E-state index contributed by atoms with van der Waals surface area (Å²) in [5, 5.41) is 19.9. The molecule has 5 atom stereocenters. The molecule has 5 unspecified atom stereocenters. The number of carbonyl (C=O) groups is 1. The molecule has 190 valence electrons. The number of ether oxygens (including phenoxy) is 1. The van der Waals surface area contributed by atoms with Gasteiger partial charge in [0.25, 0.3) is 5.60 Å². The maximum Gasteiger partial charge on any atom is 0.426 e. The zero-order valence-corrected chi connectivity index (χ0v) is 19.6. The first-order chi connectivity index (χ1) is 13.9. The molecular weight excluding hydrogens is 578 g/mol. The Morgan fingerprint density at radius 1 is 0.875 bits per heavy atom. The van der Waals surface area contributed by atoms with Gasteiger partial charge in [-0.25, -0.2) is 0 Å². The lowest BCUT2D eigenvalue weighted by Crippen LogP contribution is -2.68. The fraction of sp³-hybridized carbons (Fsp3) is 0.944. The van der Waals surface area contributed by atoms with Gasteiger partial charge in [-0.2, -0.15) is 39.5 Å². The van der Waals surface area contributed by atoms with Gasteiger partial charge >= 0.3 is 24.5 Å². The molecule has 1 aliphatic rings. The maximum atomic E-state index is 13.5. The first kappa shape index (κ1) is 29.5. The van der Waals surface area contributed by atoms with E-state index in [-0.39, 0.29) is 13.3 Å². The van der Waals surface area contributed by atoms with Crippen molar-refractivity contribution in [3.63, 3.8) is 0 Å². The zero-order valence-electron chi connectivity index (χ0n) is 17.4. The Morgan fingerprint density at radius 2 is 1.28 bits per heavy atom. The highest BCUT2D eigenvalue weighted by molar-refractivity contribution is 14.1. The third-order valence-electron chi connectivity index (χ3n) is 6.21. The fourth-order valence-electron chi connectivity index (χ4n) is 3.49. The van der Waals surface area contributed by atoms with Crippen LogP contribution in [0.15, 0.2) is 0 Å². The predicted octanol–water partition coefficient (Wildman–Crippen LogP) is 5.33. The number of carbonyl (C=O) groups excluding carboxylic acids is 1. The minimum atomic E-state index is -6.30. The fourth-order valence-corrected chi connectivity index (χ4v) is 5.29. The number of halogens is 10. The van der Waals surface area contributed by atoms with Gasteiger partial charge in [0.1, 0.15) is 6.10 Å². The van der Waals surface area contributed by atoms with Gasteiger partial charge in [-0.3, -0.25) is 4.79 Å². The molecule has 0 aromatic carbocycles. The second kappa shape index (κ2) is 8.93. The lowest BCUT2D eigenvalue weighted by Gasteiger charge is -2.50. The Labute approximate surface area is 192 Å². The monoisotopic (exact) mass is 602 g/mol. The van der Waals surface area contributed by atoms with Crippen LogP contribution in [0.4, 0.5) is 39.5 Å². The van der Waals surface area contributed by atoms with Crippen molar-refractivity contribution in [3.8, 4) is 0 Å². The molecule has 0 aliphatic heterocycles. The summed E-state index contributed by atoms with van der Waals surface area (Å²) < 4.78 is 124. The predicted molar refractivity (Wildman–Crippen MR) is 102 cm³/mol. The molecule has 1 fully saturated rings. The lowest BCUT2D eigenvalue weighted by molar-refractivity contribution is -0.390. The Morgan fingerprint density at radius 3 is 1.62 bits per heavy atom. The molecule has 14 heteroatoms. The maximum absolute atomic E-state index is 13.5. The van der Waals surface area contributed by atoms with Crippen molar-refractivity contribution in [2.75, 3.05) is 0 Å². The van der Waals surface area contributed by atoms with Crippen LogP contribution >= 0.6 is 22.6 Å². The molecule has 0 radical (unpaired) electrons. The van der Waals surface area contributed by atoms with E-state index in [1.165, 1.54) is 13.8 Å². The second-order valence-corrected chi connectivity index (χ2v) is 10.2. The first-order valence-corrected chi connectivity index (χ1v) is 10.7. The van der Waals surface area contributed by atoms with E-state index in [1.54, 1.807) is 6.92 Å². The molecular formula is C18H24F9IO4. The highest BCUT2D eigenvalue weighted by Gasteiger charge is 2.76. The number of esters is 1. The van der Waals surface area contributed by atoms with Crippen LogP contribution in [0.2, 0.25) is 0 Å². The summed E-state index contributed by atoms with van der Waals surface area (Å²) in [6.45, 7) is 4.53. The van der Waals surface area contributed by atoms with Crippen molar-refractivity contribution in [2.24, 2.45) is 17.3 Å². The molecule has 4 nitrogen and oxygen atoms in total. The van der Waals surface area contributed by atoms with E-state index in [9.17, 15) is 54.5 Å². The van der Waals surface area contributed by atoms with Crippen LogP contribution in [-0.2, 0) is 9.53 Å². The van der Waals surface area contributed by atoms with E-state index in [0.717, 1.165) is 22.6 Å². The highest BCUT2D eigenvalue weighted by atomic mass is 127. The Bertz CT molecular complexity index is 671. The van der Waals surface area contributed by atoms with Crippen molar-refractivity contribution in [1.29, 1.82) is 0 Å². The molecule has 32 heavy (non-hydrogen) atoms. The van der Waals surface area contributed by atoms with Crippen LogP contribution in [0, 0.1) is 17.3 Å². The number of aliphatic hydroxyl groups is 2. The lowest BCUT2D eigenvalue weighted by atomic mass is 9.66. The summed E-state index contributed by atoms with van der Waals surface area (Å²) in [4.78, 5) is 12.3. The smallest absolute Gasteiger partial charge is 0.426 e. The largest absolute Gasteiger partial charge is 0.462 e. The van der Waals surface area contributed by atoms with Crippen LogP contribution < -0.4 is 0 Å². The highest BCUT2D eigenvalue weighted by Crippen LogP contribution is 2.57. The number of alkyl halides is 10. The molecule has 1 aliphatic carbocycles. The Balaban J connectivity index is 3.60. The second-order valence-electron chi connectivity index (χ2n) is 8.80. The van der Waals surface area contributed by atoms with E-state index >= 15 is 0 Å². The minimum Gasteiger partial charge on any atom is -0.462 e. The van der Waals surface area contributed by atoms with Crippen LogP contribution in [0.25, 0.3) is 0 Å². The van der Waals surface area contributed by atoms with Gasteiger partial charge < -0.3 is 14.9 Å². The molecule has 0 spiro atoms. The van der Waals surface area contributed by atoms with Crippen LogP contribution in [0.3, 0.4) is 0 Å². The first-order valence-electron chi connectivity index (χ1n) is 9.45. The van der Waals surface area contributed by atoms with Crippen molar-refractivity contribution in [3.05, 3.63) is 0 Å². The van der Waals surface area contributed by atoms with Gasteiger partial charge in [0.15, 0.2) is 5.60 Å². The van der Waals surface area contributed by atoms with Gasteiger partial charge in [-0.1, -0.05) is 29.5 Å². The summed E-state index contributed by atoms with van der Waals surface area (Å²) in [6.07, 6.45) is -21.8. The van der Waals surface area contributed by atoms with Crippen LogP contribution in [-0.4, -0.2) is 55.9 Å². The number of hydrogen-bond donors (Lipinski definition) is 2. The number of rotatable bonds is 5. The van der Waals surface area contributed by atoms with Gasteiger partial charge in [-0.15, -0.1) is 0 Å². The molecule has 2 N–H and O–H groups in total. The van der Waals surface area contributed by atoms with E-state index in [1.807, 2.05) is 0 Å². The van der Waals surface area contributed by atoms with Crippen LogP contribution in [0.5, 0.6) is 0 Å². The minimum absolute atomic E-state index is 0.162. The molecule has 1 saturated carbocycles. The molecule has 0 saturated heterocycles. The average Bonchev–Trinajstić information content (AvgIpc) is 2.59. The summed E-state index contributed by atoms with van der Waals surface area (Å²) in [7, 11) is 0. The molecule has 0 heterocycles. The summed E-state index contributed by atoms with van der Waals surface area (Å²) in [6, 6.07) is 0. The van der Waals surface area contributed by atoms with Crippen molar-refractivity contribution >= 4 is 28.6 Å². The van der Waals surface area contributed by atoms with Crippen LogP contribution in [0.1, 0.15) is 47.0 Å². The van der Waals surface area contributed by atoms with E-state index in [0.29, 0.717) is 0 Å². The Hall–Kier alpha value is -0.510. The normalized spacial score (nSPS) is 28.2. The van der Waals surface area contributed by atoms with Gasteiger partial charge in [0.2, 0.25) is 0 Å². The summed E-state index contributed by atoms with van der Waals surface area (Å²) in [5.41, 5.74) is -10.3. The molecule has 0 amide bonds. The summed E-state index contributed by atoms with van der Waals surface area (Å²) >= 11 is 0.958. The molecule has 0 aromatic heterocycles. The number of hydrogen-bond acceptors (Lipinski definition) is 4. The van der Waals surface area contributed by atoms with E-state index in [2.05, 4.69) is 0 Å². The molecule has 0 bridgehead atoms. The van der Waals surface area contributed by atoms with Gasteiger partial charge in [0, 0.05) is 15.8 Å². The van der Waals surface area contributed by atoms with Crippen molar-refractivity contribution in [2.45, 2.75) is 86.7 Å². The topological polar surface area (TPSA) is 66.8 Å². The average molecular weight is 602 g/mol. The van der Waals surface area contributed by atoms with E-state index in [4.69, 9.17) is 4.74 Å². The van der Waals surface area contributed by atoms with Crippen molar-refractivity contribution < 1.29 is 59.3 Å². The molecule has 1 rings (SSSR count). The van der Waals surface area contributed by atoms with Gasteiger partial charge in [-0.05, 0) is 40.0 Å². The standard InChI is InChI=1S/C18H24F9IO4/c1-5-13(2,3)12(29)32-8-6-9(14(4,30)16(19,20)21)11(28)10(7-8)15(31,17(22,23)24)18(25,26)27/h8-11,30-31H,5-7H2,1-4H3. The van der Waals surface area contributed by atoms with Gasteiger partial charge in [0.05, 0.1) is 5.41 Å². The third kappa shape index (κ3) is 5.26. The quantitative estimate of drug-likeness (QED) is 0.193.